The van der Waals surface area contributed by atoms with Crippen LogP contribution in [0.2, 0.25) is 0 Å². The number of aryl methyl sites for hydroxylation is 2. The van der Waals surface area contributed by atoms with Gasteiger partial charge in [0.15, 0.2) is 0 Å². The van der Waals surface area contributed by atoms with Gasteiger partial charge in [-0.05, 0) is 61.6 Å². The van der Waals surface area contributed by atoms with Crippen LogP contribution in [0, 0.1) is 0 Å². The Hall–Kier alpha value is -2.91. The van der Waals surface area contributed by atoms with E-state index in [1.54, 1.807) is 0 Å². The van der Waals surface area contributed by atoms with E-state index in [0.29, 0.717) is 27.7 Å². The Morgan fingerprint density at radius 3 is 2.73 bits per heavy atom. The van der Waals surface area contributed by atoms with Crippen LogP contribution in [-0.4, -0.2) is 25.7 Å². The highest BCUT2D eigenvalue weighted by atomic mass is 32.1. The molecule has 1 amide bonds. The largest absolute Gasteiger partial charge is 0.299 e. The van der Waals surface area contributed by atoms with E-state index in [9.17, 15) is 9.59 Å². The average Bonchev–Trinajstić information content (AvgIpc) is 3.58. The van der Waals surface area contributed by atoms with Crippen molar-refractivity contribution in [1.29, 1.82) is 0 Å². The number of benzene rings is 1. The van der Waals surface area contributed by atoms with Crippen molar-refractivity contribution in [2.24, 2.45) is 0 Å². The number of fused-ring (bicyclic) bond motifs is 2. The molecule has 4 aromatic rings. The van der Waals surface area contributed by atoms with Gasteiger partial charge < -0.3 is 0 Å². The van der Waals surface area contributed by atoms with Crippen molar-refractivity contribution in [2.75, 3.05) is 5.32 Å². The van der Waals surface area contributed by atoms with E-state index in [2.05, 4.69) is 38.7 Å². The fourth-order valence-corrected chi connectivity index (χ4v) is 7.60. The van der Waals surface area contributed by atoms with Crippen LogP contribution in [-0.2, 0) is 17.6 Å². The number of amides is 1. The van der Waals surface area contributed by atoms with Crippen LogP contribution in [0.5, 0.6) is 0 Å². The summed E-state index contributed by atoms with van der Waals surface area (Å²) in [6.45, 7) is 1.91. The van der Waals surface area contributed by atoms with Crippen LogP contribution >= 0.6 is 22.7 Å². The number of rotatable bonds is 6. The third-order valence-electron chi connectivity index (χ3n) is 7.83. The lowest BCUT2D eigenvalue weighted by atomic mass is 9.89. The molecule has 1 aromatic carbocycles. The van der Waals surface area contributed by atoms with Gasteiger partial charge in [-0.2, -0.15) is 0 Å². The van der Waals surface area contributed by atoms with E-state index < -0.39 is 6.04 Å². The van der Waals surface area contributed by atoms with Crippen LogP contribution in [0.1, 0.15) is 86.4 Å². The van der Waals surface area contributed by atoms with Crippen LogP contribution in [0.25, 0.3) is 21.3 Å². The molecule has 1 atom stereocenters. The van der Waals surface area contributed by atoms with E-state index in [1.165, 1.54) is 76.8 Å². The predicted molar refractivity (Wildman–Crippen MR) is 150 cm³/mol. The molecule has 2 aliphatic rings. The molecule has 3 heterocycles. The lowest BCUT2D eigenvalue weighted by Crippen LogP contribution is -2.33. The fraction of sp³-hybridized carbons (Fsp3) is 0.464. The molecule has 0 bridgehead atoms. The molecule has 3 aromatic heterocycles. The molecular weight excluding hydrogens is 502 g/mol. The second kappa shape index (κ2) is 10.5. The van der Waals surface area contributed by atoms with Gasteiger partial charge in [-0.15, -0.1) is 21.5 Å². The van der Waals surface area contributed by atoms with Gasteiger partial charge >= 0.3 is 0 Å². The molecule has 0 aliphatic heterocycles. The Morgan fingerprint density at radius 2 is 1.92 bits per heavy atom. The maximum atomic E-state index is 13.8. The zero-order valence-corrected chi connectivity index (χ0v) is 22.7. The molecule has 6 rings (SSSR count). The van der Waals surface area contributed by atoms with Gasteiger partial charge in [0.05, 0.1) is 11.7 Å². The van der Waals surface area contributed by atoms with Gasteiger partial charge in [0.2, 0.25) is 11.0 Å². The van der Waals surface area contributed by atoms with Crippen molar-refractivity contribution in [3.05, 3.63) is 56.4 Å². The van der Waals surface area contributed by atoms with E-state index in [0.717, 1.165) is 41.8 Å². The van der Waals surface area contributed by atoms with E-state index >= 15 is 0 Å². The minimum Gasteiger partial charge on any atom is -0.299 e. The summed E-state index contributed by atoms with van der Waals surface area (Å²) in [5.41, 5.74) is 4.56. The number of hydrogen-bond donors (Lipinski definition) is 1. The summed E-state index contributed by atoms with van der Waals surface area (Å²) >= 11 is 2.93. The first-order chi connectivity index (χ1) is 18.1. The monoisotopic (exact) mass is 533 g/mol. The predicted octanol–water partition coefficient (Wildman–Crippen LogP) is 6.49. The number of aromatic nitrogens is 4. The molecule has 0 radical (unpaired) electrons. The van der Waals surface area contributed by atoms with Crippen LogP contribution in [0.4, 0.5) is 5.13 Å². The lowest BCUT2D eigenvalue weighted by Gasteiger charge is -2.18. The summed E-state index contributed by atoms with van der Waals surface area (Å²) in [4.78, 5) is 32.4. The zero-order valence-electron chi connectivity index (χ0n) is 21.0. The van der Waals surface area contributed by atoms with E-state index in [4.69, 9.17) is 0 Å². The molecule has 2 aliphatic carbocycles. The van der Waals surface area contributed by atoms with Crippen molar-refractivity contribution in [3.63, 3.8) is 0 Å². The number of carbonyl (C=O) groups excluding carboxylic acids is 1. The minimum atomic E-state index is -0.678. The molecule has 0 spiro atoms. The van der Waals surface area contributed by atoms with Gasteiger partial charge in [0, 0.05) is 16.9 Å². The average molecular weight is 534 g/mol. The van der Waals surface area contributed by atoms with Crippen molar-refractivity contribution in [1.82, 2.24) is 19.7 Å². The molecule has 192 valence electrons. The summed E-state index contributed by atoms with van der Waals surface area (Å²) in [6, 6.07) is 5.87. The minimum absolute atomic E-state index is 0.180. The normalized spacial score (nSPS) is 17.0. The van der Waals surface area contributed by atoms with Crippen molar-refractivity contribution in [3.8, 4) is 11.1 Å². The fourth-order valence-electron chi connectivity index (χ4n) is 5.78. The van der Waals surface area contributed by atoms with Crippen LogP contribution in [0.15, 0.2) is 34.7 Å². The topological polar surface area (TPSA) is 89.8 Å². The van der Waals surface area contributed by atoms with Crippen molar-refractivity contribution < 1.29 is 4.79 Å². The highest BCUT2D eigenvalue weighted by Gasteiger charge is 2.25. The lowest BCUT2D eigenvalue weighted by molar-refractivity contribution is -0.119. The van der Waals surface area contributed by atoms with Gasteiger partial charge in [0.25, 0.3) is 5.56 Å². The maximum Gasteiger partial charge on any atom is 0.263 e. The first-order valence-corrected chi connectivity index (χ1v) is 15.1. The first kappa shape index (κ1) is 24.4. The van der Waals surface area contributed by atoms with Crippen LogP contribution in [0.3, 0.4) is 0 Å². The highest BCUT2D eigenvalue weighted by molar-refractivity contribution is 7.17. The van der Waals surface area contributed by atoms with Crippen molar-refractivity contribution >= 4 is 43.9 Å². The molecule has 1 unspecified atom stereocenters. The first-order valence-electron chi connectivity index (χ1n) is 13.4. The number of thiophene rings is 1. The second-order valence-corrected chi connectivity index (χ2v) is 12.0. The molecule has 1 fully saturated rings. The van der Waals surface area contributed by atoms with E-state index in [-0.39, 0.29) is 11.5 Å². The van der Waals surface area contributed by atoms with E-state index in [1.807, 2.05) is 12.3 Å². The highest BCUT2D eigenvalue weighted by Crippen LogP contribution is 2.36. The third-order valence-corrected chi connectivity index (χ3v) is 9.72. The quantitative estimate of drug-likeness (QED) is 0.306. The second-order valence-electron chi connectivity index (χ2n) is 10.2. The number of carbonyl (C=O) groups is 1. The number of nitrogens with one attached hydrogen (secondary N) is 1. The standard InChI is InChI=1S/C28H31N5O2S2/c1-2-22(24(34)30-28-32-31-25(37-28)18-9-4-3-5-10-18)33-16-29-26-23(27(33)35)21(15-36-26)20-13-12-17-8-6-7-11-19(17)14-20/h12-16,18,22H,2-11H2,1H3,(H,30,32,34). The Morgan fingerprint density at radius 1 is 1.11 bits per heavy atom. The zero-order chi connectivity index (χ0) is 25.4. The Balaban J connectivity index is 1.29. The molecule has 1 N–H and O–H groups in total. The number of nitrogens with zero attached hydrogens (tertiary/aromatic N) is 4. The Kier molecular flexibility index (Phi) is 6.90. The Labute approximate surface area is 224 Å². The summed E-state index contributed by atoms with van der Waals surface area (Å²) in [7, 11) is 0. The molecule has 37 heavy (non-hydrogen) atoms. The smallest absolute Gasteiger partial charge is 0.263 e. The summed E-state index contributed by atoms with van der Waals surface area (Å²) in [6.07, 6.45) is 12.6. The van der Waals surface area contributed by atoms with Gasteiger partial charge in [-0.1, -0.05) is 55.7 Å². The van der Waals surface area contributed by atoms with Gasteiger partial charge in [-0.25, -0.2) is 4.98 Å². The van der Waals surface area contributed by atoms with Crippen molar-refractivity contribution in [2.45, 2.75) is 83.1 Å². The number of anilines is 1. The van der Waals surface area contributed by atoms with Crippen LogP contribution < -0.4 is 10.9 Å². The SMILES string of the molecule is CCC(C(=O)Nc1nnc(C2CCCCC2)s1)n1cnc2scc(-c3ccc4c(c3)CCCC4)c2c1=O. The van der Waals surface area contributed by atoms with Gasteiger partial charge in [0.1, 0.15) is 15.9 Å². The van der Waals surface area contributed by atoms with Gasteiger partial charge in [-0.3, -0.25) is 19.5 Å². The summed E-state index contributed by atoms with van der Waals surface area (Å²) in [5, 5.41) is 15.6. The number of hydrogen-bond acceptors (Lipinski definition) is 7. The molecule has 1 saturated carbocycles. The summed E-state index contributed by atoms with van der Waals surface area (Å²) < 4.78 is 1.48. The molecule has 9 heteroatoms. The third kappa shape index (κ3) is 4.75. The summed E-state index contributed by atoms with van der Waals surface area (Å²) in [5.74, 6) is 0.177. The maximum absolute atomic E-state index is 13.8. The molecular formula is C28H31N5O2S2. The molecule has 0 saturated heterocycles. The molecule has 7 nitrogen and oxygen atoms in total. The Bertz CT molecular complexity index is 1500.